The summed E-state index contributed by atoms with van der Waals surface area (Å²) in [5, 5.41) is 0.693. The van der Waals surface area contributed by atoms with Crippen molar-refractivity contribution in [2.24, 2.45) is 0 Å². The van der Waals surface area contributed by atoms with E-state index in [1.165, 1.54) is 0 Å². The highest BCUT2D eigenvalue weighted by Crippen LogP contribution is 2.20. The standard InChI is InChI=1S/C10H9ClINO2/c11-8-1-2-9(12)7(5-8)6-13-3-4-15-10(13)14/h1-2,5H,3-4,6H2. The van der Waals surface area contributed by atoms with Crippen LogP contribution in [0.2, 0.25) is 5.02 Å². The lowest BCUT2D eigenvalue weighted by Crippen LogP contribution is -2.23. The quantitative estimate of drug-likeness (QED) is 0.777. The summed E-state index contributed by atoms with van der Waals surface area (Å²) in [6.45, 7) is 1.70. The molecule has 2 rings (SSSR count). The van der Waals surface area contributed by atoms with Crippen molar-refractivity contribution >= 4 is 40.3 Å². The van der Waals surface area contributed by atoms with Gasteiger partial charge in [0.25, 0.3) is 0 Å². The average molecular weight is 338 g/mol. The van der Waals surface area contributed by atoms with Gasteiger partial charge < -0.3 is 9.64 Å². The summed E-state index contributed by atoms with van der Waals surface area (Å²) in [7, 11) is 0. The first-order chi connectivity index (χ1) is 7.16. The molecule has 1 heterocycles. The third-order valence-corrected chi connectivity index (χ3v) is 3.50. The van der Waals surface area contributed by atoms with Gasteiger partial charge in [-0.25, -0.2) is 4.79 Å². The van der Waals surface area contributed by atoms with Crippen LogP contribution in [-0.4, -0.2) is 24.1 Å². The summed E-state index contributed by atoms with van der Waals surface area (Å²) in [6, 6.07) is 5.67. The number of halogens is 2. The predicted molar refractivity (Wildman–Crippen MR) is 65.9 cm³/mol. The normalized spacial score (nSPS) is 15.6. The Labute approximate surface area is 106 Å². The van der Waals surface area contributed by atoms with Crippen molar-refractivity contribution in [1.82, 2.24) is 4.90 Å². The van der Waals surface area contributed by atoms with E-state index in [1.54, 1.807) is 4.90 Å². The lowest BCUT2D eigenvalue weighted by Gasteiger charge is -2.13. The van der Waals surface area contributed by atoms with Gasteiger partial charge in [0, 0.05) is 8.59 Å². The van der Waals surface area contributed by atoms with Crippen LogP contribution in [0.5, 0.6) is 0 Å². The molecule has 1 amide bonds. The molecule has 0 unspecified atom stereocenters. The number of rotatable bonds is 2. The van der Waals surface area contributed by atoms with E-state index in [0.29, 0.717) is 24.7 Å². The van der Waals surface area contributed by atoms with E-state index >= 15 is 0 Å². The summed E-state index contributed by atoms with van der Waals surface area (Å²) in [4.78, 5) is 12.9. The molecular formula is C10H9ClINO2. The van der Waals surface area contributed by atoms with E-state index in [-0.39, 0.29) is 6.09 Å². The highest BCUT2D eigenvalue weighted by atomic mass is 127. The van der Waals surface area contributed by atoms with Crippen LogP contribution in [0, 0.1) is 3.57 Å². The van der Waals surface area contributed by atoms with Crippen LogP contribution in [0.1, 0.15) is 5.56 Å². The number of amides is 1. The number of carbonyl (C=O) groups is 1. The van der Waals surface area contributed by atoms with Crippen molar-refractivity contribution in [3.63, 3.8) is 0 Å². The van der Waals surface area contributed by atoms with Gasteiger partial charge in [0.05, 0.1) is 13.1 Å². The molecule has 0 bridgehead atoms. The fourth-order valence-electron chi connectivity index (χ4n) is 1.44. The van der Waals surface area contributed by atoms with E-state index in [2.05, 4.69) is 22.6 Å². The van der Waals surface area contributed by atoms with E-state index in [0.717, 1.165) is 9.13 Å². The van der Waals surface area contributed by atoms with Gasteiger partial charge in [0.1, 0.15) is 6.61 Å². The Balaban J connectivity index is 2.16. The van der Waals surface area contributed by atoms with E-state index in [9.17, 15) is 4.79 Å². The third kappa shape index (κ3) is 2.55. The molecule has 0 aliphatic carbocycles. The maximum absolute atomic E-state index is 11.2. The minimum atomic E-state index is -0.245. The molecule has 1 aromatic carbocycles. The summed E-state index contributed by atoms with van der Waals surface area (Å²) >= 11 is 8.13. The molecule has 80 valence electrons. The SMILES string of the molecule is O=C1OCCN1Cc1cc(Cl)ccc1I. The van der Waals surface area contributed by atoms with Crippen molar-refractivity contribution in [3.05, 3.63) is 32.4 Å². The minimum absolute atomic E-state index is 0.245. The van der Waals surface area contributed by atoms with Gasteiger partial charge in [-0.2, -0.15) is 0 Å². The Morgan fingerprint density at radius 2 is 2.33 bits per heavy atom. The number of hydrogen-bond donors (Lipinski definition) is 0. The van der Waals surface area contributed by atoms with Crippen LogP contribution >= 0.6 is 34.2 Å². The molecule has 0 radical (unpaired) electrons. The molecule has 1 aromatic rings. The van der Waals surface area contributed by atoms with Crippen LogP contribution in [-0.2, 0) is 11.3 Å². The fourth-order valence-corrected chi connectivity index (χ4v) is 2.14. The van der Waals surface area contributed by atoms with E-state index < -0.39 is 0 Å². The van der Waals surface area contributed by atoms with Gasteiger partial charge >= 0.3 is 6.09 Å². The molecule has 0 aromatic heterocycles. The second-order valence-electron chi connectivity index (χ2n) is 3.27. The molecule has 1 fully saturated rings. The van der Waals surface area contributed by atoms with Crippen molar-refractivity contribution in [3.8, 4) is 0 Å². The second kappa shape index (κ2) is 4.57. The number of benzene rings is 1. The van der Waals surface area contributed by atoms with Gasteiger partial charge in [-0.3, -0.25) is 0 Å². The minimum Gasteiger partial charge on any atom is -0.448 e. The summed E-state index contributed by atoms with van der Waals surface area (Å²) in [6.07, 6.45) is -0.245. The topological polar surface area (TPSA) is 29.5 Å². The smallest absolute Gasteiger partial charge is 0.410 e. The summed E-state index contributed by atoms with van der Waals surface area (Å²) < 4.78 is 5.97. The first-order valence-corrected chi connectivity index (χ1v) is 5.98. The molecular weight excluding hydrogens is 328 g/mol. The monoisotopic (exact) mass is 337 g/mol. The molecule has 0 saturated carbocycles. The summed E-state index contributed by atoms with van der Waals surface area (Å²) in [5.41, 5.74) is 1.06. The van der Waals surface area contributed by atoms with E-state index in [4.69, 9.17) is 16.3 Å². The van der Waals surface area contributed by atoms with Gasteiger partial charge in [-0.05, 0) is 46.4 Å². The molecule has 5 heteroatoms. The highest BCUT2D eigenvalue weighted by molar-refractivity contribution is 14.1. The number of carbonyl (C=O) groups excluding carboxylic acids is 1. The first-order valence-electron chi connectivity index (χ1n) is 4.52. The van der Waals surface area contributed by atoms with Crippen molar-refractivity contribution in [2.75, 3.05) is 13.2 Å². The third-order valence-electron chi connectivity index (χ3n) is 2.21. The maximum atomic E-state index is 11.2. The Morgan fingerprint density at radius 3 is 3.00 bits per heavy atom. The molecule has 1 saturated heterocycles. The Kier molecular flexibility index (Phi) is 3.35. The molecule has 0 spiro atoms. The van der Waals surface area contributed by atoms with Gasteiger partial charge in [0.2, 0.25) is 0 Å². The molecule has 15 heavy (non-hydrogen) atoms. The van der Waals surface area contributed by atoms with Gasteiger partial charge in [-0.15, -0.1) is 0 Å². The average Bonchev–Trinajstić information content (AvgIpc) is 2.58. The van der Waals surface area contributed by atoms with Crippen LogP contribution < -0.4 is 0 Å². The first kappa shape index (κ1) is 11.0. The zero-order valence-electron chi connectivity index (χ0n) is 7.87. The second-order valence-corrected chi connectivity index (χ2v) is 4.87. The van der Waals surface area contributed by atoms with E-state index in [1.807, 2.05) is 18.2 Å². The fraction of sp³-hybridized carbons (Fsp3) is 0.300. The zero-order chi connectivity index (χ0) is 10.8. The summed E-state index contributed by atoms with van der Waals surface area (Å²) in [5.74, 6) is 0. The Bertz CT molecular complexity index is 397. The van der Waals surface area contributed by atoms with Crippen LogP contribution in [0.4, 0.5) is 4.79 Å². The number of cyclic esters (lactones) is 1. The highest BCUT2D eigenvalue weighted by Gasteiger charge is 2.22. The largest absolute Gasteiger partial charge is 0.448 e. The van der Waals surface area contributed by atoms with Crippen molar-refractivity contribution in [2.45, 2.75) is 6.54 Å². The van der Waals surface area contributed by atoms with Crippen LogP contribution in [0.3, 0.4) is 0 Å². The van der Waals surface area contributed by atoms with Crippen molar-refractivity contribution in [1.29, 1.82) is 0 Å². The van der Waals surface area contributed by atoms with Crippen LogP contribution in [0.15, 0.2) is 18.2 Å². The Morgan fingerprint density at radius 1 is 1.53 bits per heavy atom. The predicted octanol–water partition coefficient (Wildman–Crippen LogP) is 2.90. The van der Waals surface area contributed by atoms with Gasteiger partial charge in [-0.1, -0.05) is 11.6 Å². The maximum Gasteiger partial charge on any atom is 0.410 e. The lowest BCUT2D eigenvalue weighted by molar-refractivity contribution is 0.157. The molecule has 3 nitrogen and oxygen atoms in total. The lowest BCUT2D eigenvalue weighted by atomic mass is 10.2. The van der Waals surface area contributed by atoms with Crippen LogP contribution in [0.25, 0.3) is 0 Å². The molecule has 1 aliphatic rings. The molecule has 1 aliphatic heterocycles. The molecule has 0 N–H and O–H groups in total. The number of hydrogen-bond acceptors (Lipinski definition) is 2. The zero-order valence-corrected chi connectivity index (χ0v) is 10.8. The Hall–Kier alpha value is -0.490. The number of nitrogens with zero attached hydrogens (tertiary/aromatic N) is 1. The van der Waals surface area contributed by atoms with Crippen molar-refractivity contribution < 1.29 is 9.53 Å². The number of ether oxygens (including phenoxy) is 1. The molecule has 0 atom stereocenters. The van der Waals surface area contributed by atoms with Gasteiger partial charge in [0.15, 0.2) is 0 Å².